The van der Waals surface area contributed by atoms with Gasteiger partial charge in [0.15, 0.2) is 0 Å². The average Bonchev–Trinajstić information content (AvgIpc) is 2.85. The fourth-order valence-electron chi connectivity index (χ4n) is 1.90. The van der Waals surface area contributed by atoms with Crippen molar-refractivity contribution >= 4 is 31.9 Å². The maximum Gasteiger partial charge on any atom is 0.148 e. The van der Waals surface area contributed by atoms with E-state index in [1.54, 1.807) is 0 Å². The van der Waals surface area contributed by atoms with Gasteiger partial charge in [-0.05, 0) is 56.0 Å². The molecule has 4 nitrogen and oxygen atoms in total. The Hall–Kier alpha value is -0.850. The number of aromatic nitrogens is 2. The number of aliphatic hydroxyl groups excluding tert-OH is 1. The summed E-state index contributed by atoms with van der Waals surface area (Å²) < 4.78 is 9.58. The number of imidazole rings is 1. The zero-order valence-corrected chi connectivity index (χ0v) is 14.3. The fraction of sp³-hybridized carbons (Fsp3) is 0.357. The number of ether oxygens (including phenoxy) is 1. The van der Waals surface area contributed by atoms with Crippen LogP contribution in [0.1, 0.15) is 24.6 Å². The Bertz CT molecular complexity index is 561. The summed E-state index contributed by atoms with van der Waals surface area (Å²) in [5, 5.41) is 9.16. The van der Waals surface area contributed by atoms with Gasteiger partial charge < -0.3 is 14.4 Å². The normalized spacial score (nSPS) is 10.8. The van der Waals surface area contributed by atoms with Gasteiger partial charge in [0.1, 0.15) is 12.4 Å². The van der Waals surface area contributed by atoms with E-state index in [4.69, 9.17) is 9.84 Å². The van der Waals surface area contributed by atoms with Crippen LogP contribution in [0.15, 0.2) is 33.6 Å². The largest absolute Gasteiger partial charge is 0.485 e. The van der Waals surface area contributed by atoms with Crippen LogP contribution in [0.5, 0.6) is 5.75 Å². The molecule has 0 unspecified atom stereocenters. The average molecular weight is 404 g/mol. The van der Waals surface area contributed by atoms with Crippen LogP contribution >= 0.6 is 31.9 Å². The van der Waals surface area contributed by atoms with Crippen molar-refractivity contribution in [2.45, 2.75) is 33.1 Å². The first-order valence-corrected chi connectivity index (χ1v) is 7.95. The van der Waals surface area contributed by atoms with Gasteiger partial charge in [0.2, 0.25) is 0 Å². The van der Waals surface area contributed by atoms with E-state index in [1.807, 2.05) is 24.7 Å². The highest BCUT2D eigenvalue weighted by Gasteiger charge is 2.10. The fourth-order valence-corrected chi connectivity index (χ4v) is 3.41. The molecule has 0 atom stereocenters. The highest BCUT2D eigenvalue weighted by atomic mass is 79.9. The number of halogens is 2. The Kier molecular flexibility index (Phi) is 5.63. The van der Waals surface area contributed by atoms with E-state index in [9.17, 15) is 0 Å². The maximum atomic E-state index is 9.16. The molecule has 1 aromatic carbocycles. The Morgan fingerprint density at radius 3 is 2.60 bits per heavy atom. The van der Waals surface area contributed by atoms with Crippen molar-refractivity contribution in [3.8, 4) is 5.75 Å². The molecule has 1 heterocycles. The zero-order valence-electron chi connectivity index (χ0n) is 11.1. The Labute approximate surface area is 135 Å². The number of rotatable bonds is 6. The van der Waals surface area contributed by atoms with Gasteiger partial charge in [0.05, 0.1) is 33.8 Å². The summed E-state index contributed by atoms with van der Waals surface area (Å²) in [6.07, 6.45) is 4.70. The van der Waals surface area contributed by atoms with E-state index in [0.29, 0.717) is 6.61 Å². The predicted molar refractivity (Wildman–Crippen MR) is 84.6 cm³/mol. The summed E-state index contributed by atoms with van der Waals surface area (Å²) in [6.45, 7) is 3.52. The number of aliphatic hydroxyl groups is 1. The Morgan fingerprint density at radius 1 is 1.30 bits per heavy atom. The molecule has 108 valence electrons. The summed E-state index contributed by atoms with van der Waals surface area (Å²) in [6, 6.07) is 3.70. The van der Waals surface area contributed by atoms with Gasteiger partial charge >= 0.3 is 0 Å². The topological polar surface area (TPSA) is 47.3 Å². The third-order valence-electron chi connectivity index (χ3n) is 2.87. The van der Waals surface area contributed by atoms with Crippen LogP contribution in [0, 0.1) is 0 Å². The van der Waals surface area contributed by atoms with Crippen molar-refractivity contribution < 1.29 is 9.84 Å². The molecule has 1 N–H and O–H groups in total. The minimum absolute atomic E-state index is 0.000745. The van der Waals surface area contributed by atoms with Crippen LogP contribution in [0.4, 0.5) is 0 Å². The molecule has 20 heavy (non-hydrogen) atoms. The molecule has 0 saturated carbocycles. The lowest BCUT2D eigenvalue weighted by Crippen LogP contribution is -2.05. The van der Waals surface area contributed by atoms with Crippen molar-refractivity contribution in [3.05, 3.63) is 44.9 Å². The first-order valence-electron chi connectivity index (χ1n) is 6.36. The number of benzene rings is 1. The maximum absolute atomic E-state index is 9.16. The van der Waals surface area contributed by atoms with Crippen LogP contribution in [-0.4, -0.2) is 14.7 Å². The van der Waals surface area contributed by atoms with Crippen molar-refractivity contribution in [1.82, 2.24) is 9.55 Å². The molecule has 0 radical (unpaired) electrons. The van der Waals surface area contributed by atoms with E-state index < -0.39 is 0 Å². The second kappa shape index (κ2) is 7.24. The summed E-state index contributed by atoms with van der Waals surface area (Å²) in [4.78, 5) is 4.15. The molecule has 0 aliphatic rings. The van der Waals surface area contributed by atoms with Crippen LogP contribution in [0.25, 0.3) is 0 Å². The minimum Gasteiger partial charge on any atom is -0.485 e. The van der Waals surface area contributed by atoms with Crippen LogP contribution in [0.3, 0.4) is 0 Å². The molecule has 2 rings (SSSR count). The monoisotopic (exact) mass is 402 g/mol. The van der Waals surface area contributed by atoms with Gasteiger partial charge in [0, 0.05) is 6.54 Å². The van der Waals surface area contributed by atoms with Gasteiger partial charge in [-0.15, -0.1) is 0 Å². The lowest BCUT2D eigenvalue weighted by Gasteiger charge is -2.13. The molecule has 0 spiro atoms. The standard InChI is InChI=1S/C14H16Br2N2O2/c1-2-3-18-9-17-6-11(18)8-20-14-12(15)4-10(7-19)5-13(14)16/h4-6,9,19H,2-3,7-8H2,1H3. The van der Waals surface area contributed by atoms with E-state index in [-0.39, 0.29) is 6.61 Å². The second-order valence-corrected chi connectivity index (χ2v) is 6.12. The van der Waals surface area contributed by atoms with E-state index in [0.717, 1.165) is 38.9 Å². The summed E-state index contributed by atoms with van der Waals surface area (Å²) in [5.74, 6) is 0.728. The number of hydrogen-bond acceptors (Lipinski definition) is 3. The third-order valence-corrected chi connectivity index (χ3v) is 4.05. The van der Waals surface area contributed by atoms with Gasteiger partial charge in [-0.1, -0.05) is 6.92 Å². The molecular formula is C14H16Br2N2O2. The minimum atomic E-state index is 0.000745. The molecule has 0 aliphatic heterocycles. The summed E-state index contributed by atoms with van der Waals surface area (Å²) in [7, 11) is 0. The first kappa shape index (κ1) is 15.5. The molecule has 0 amide bonds. The van der Waals surface area contributed by atoms with Crippen LogP contribution in [0.2, 0.25) is 0 Å². The quantitative estimate of drug-likeness (QED) is 0.795. The van der Waals surface area contributed by atoms with E-state index in [1.165, 1.54) is 0 Å². The highest BCUT2D eigenvalue weighted by molar-refractivity contribution is 9.11. The van der Waals surface area contributed by atoms with E-state index >= 15 is 0 Å². The number of aryl methyl sites for hydroxylation is 1. The number of hydrogen-bond donors (Lipinski definition) is 1. The van der Waals surface area contributed by atoms with Gasteiger partial charge in [-0.2, -0.15) is 0 Å². The van der Waals surface area contributed by atoms with Gasteiger partial charge in [-0.25, -0.2) is 4.98 Å². The summed E-state index contributed by atoms with van der Waals surface area (Å²) >= 11 is 6.93. The van der Waals surface area contributed by atoms with Crippen molar-refractivity contribution in [2.75, 3.05) is 0 Å². The first-order chi connectivity index (χ1) is 9.65. The molecule has 2 aromatic rings. The van der Waals surface area contributed by atoms with Gasteiger partial charge in [0.25, 0.3) is 0 Å². The highest BCUT2D eigenvalue weighted by Crippen LogP contribution is 2.35. The van der Waals surface area contributed by atoms with Crippen LogP contribution in [-0.2, 0) is 19.8 Å². The predicted octanol–water partition coefficient (Wildman–Crippen LogP) is 3.89. The molecule has 0 saturated heterocycles. The van der Waals surface area contributed by atoms with Crippen molar-refractivity contribution in [3.63, 3.8) is 0 Å². The SMILES string of the molecule is CCCn1cncc1COc1c(Br)cc(CO)cc1Br. The molecule has 0 aliphatic carbocycles. The molecule has 0 fully saturated rings. The number of nitrogens with zero attached hydrogens (tertiary/aromatic N) is 2. The molecular weight excluding hydrogens is 388 g/mol. The Balaban J connectivity index is 2.13. The smallest absolute Gasteiger partial charge is 0.148 e. The van der Waals surface area contributed by atoms with E-state index in [2.05, 4.69) is 48.3 Å². The Morgan fingerprint density at radius 2 is 2.00 bits per heavy atom. The van der Waals surface area contributed by atoms with Crippen LogP contribution < -0.4 is 4.74 Å². The summed E-state index contributed by atoms with van der Waals surface area (Å²) in [5.41, 5.74) is 1.86. The third kappa shape index (κ3) is 3.62. The lowest BCUT2D eigenvalue weighted by atomic mass is 10.2. The molecule has 0 bridgehead atoms. The zero-order chi connectivity index (χ0) is 14.5. The van der Waals surface area contributed by atoms with Gasteiger partial charge in [-0.3, -0.25) is 0 Å². The molecule has 1 aromatic heterocycles. The van der Waals surface area contributed by atoms with Crippen molar-refractivity contribution in [2.24, 2.45) is 0 Å². The second-order valence-electron chi connectivity index (χ2n) is 4.41. The lowest BCUT2D eigenvalue weighted by molar-refractivity contribution is 0.279. The molecule has 6 heteroatoms. The van der Waals surface area contributed by atoms with Crippen molar-refractivity contribution in [1.29, 1.82) is 0 Å².